The second kappa shape index (κ2) is 8.51. The number of rotatable bonds is 8. The van der Waals surface area contributed by atoms with Gasteiger partial charge in [-0.25, -0.2) is 0 Å². The maximum atomic E-state index is 12.0. The van der Waals surface area contributed by atoms with Crippen LogP contribution in [0.25, 0.3) is 11.3 Å². The van der Waals surface area contributed by atoms with Crippen LogP contribution in [0.15, 0.2) is 36.4 Å². The van der Waals surface area contributed by atoms with Gasteiger partial charge in [-0.2, -0.15) is 4.37 Å². The number of methoxy groups -OCH3 is 1. The molecule has 0 aliphatic heterocycles. The summed E-state index contributed by atoms with van der Waals surface area (Å²) in [5.74, 6) is -0.0803. The van der Waals surface area contributed by atoms with Crippen molar-refractivity contribution in [3.05, 3.63) is 41.3 Å². The minimum Gasteiger partial charge on any atom is -0.383 e. The van der Waals surface area contributed by atoms with E-state index in [-0.39, 0.29) is 5.91 Å². The first-order valence-electron chi connectivity index (χ1n) is 6.81. The fraction of sp³-hybridized carbons (Fsp3) is 0.333. The smallest absolute Gasteiger partial charge is 0.263 e. The van der Waals surface area contributed by atoms with Crippen LogP contribution in [0, 0.1) is 0 Å². The molecule has 0 saturated carbocycles. The molecule has 5 nitrogen and oxygen atoms in total. The zero-order valence-electron chi connectivity index (χ0n) is 12.0. The molecule has 0 radical (unpaired) electrons. The Balaban J connectivity index is 1.80. The van der Waals surface area contributed by atoms with Gasteiger partial charge in [-0.05, 0) is 17.6 Å². The van der Waals surface area contributed by atoms with E-state index in [1.807, 2.05) is 36.4 Å². The summed E-state index contributed by atoms with van der Waals surface area (Å²) in [6.07, 6.45) is 0. The molecule has 0 aliphatic carbocycles. The molecule has 0 saturated heterocycles. The average molecular weight is 305 g/mol. The summed E-state index contributed by atoms with van der Waals surface area (Å²) in [4.78, 5) is 12.6. The minimum atomic E-state index is -0.0803. The Hall–Kier alpha value is -1.76. The molecule has 1 amide bonds. The first-order chi connectivity index (χ1) is 10.3. The van der Waals surface area contributed by atoms with Crippen LogP contribution in [0.2, 0.25) is 0 Å². The Morgan fingerprint density at radius 1 is 1.24 bits per heavy atom. The SMILES string of the molecule is COCCNCCNC(=O)c1cc(-c2ccccc2)ns1. The second-order valence-corrected chi connectivity index (χ2v) is 5.25. The summed E-state index contributed by atoms with van der Waals surface area (Å²) >= 11 is 1.22. The largest absolute Gasteiger partial charge is 0.383 e. The van der Waals surface area contributed by atoms with Crippen LogP contribution in [0.1, 0.15) is 9.67 Å². The molecule has 0 spiro atoms. The van der Waals surface area contributed by atoms with E-state index in [0.717, 1.165) is 24.3 Å². The van der Waals surface area contributed by atoms with Gasteiger partial charge >= 0.3 is 0 Å². The van der Waals surface area contributed by atoms with Crippen LogP contribution >= 0.6 is 11.5 Å². The quantitative estimate of drug-likeness (QED) is 0.730. The lowest BCUT2D eigenvalue weighted by Crippen LogP contribution is -2.32. The highest BCUT2D eigenvalue weighted by atomic mass is 32.1. The number of hydrogen-bond donors (Lipinski definition) is 2. The van der Waals surface area contributed by atoms with Crippen LogP contribution in [0.5, 0.6) is 0 Å². The summed E-state index contributed by atoms with van der Waals surface area (Å²) in [5.41, 5.74) is 1.86. The normalized spacial score (nSPS) is 10.5. The topological polar surface area (TPSA) is 63.2 Å². The Morgan fingerprint density at radius 2 is 2.05 bits per heavy atom. The van der Waals surface area contributed by atoms with Gasteiger partial charge in [-0.1, -0.05) is 30.3 Å². The summed E-state index contributed by atoms with van der Waals surface area (Å²) in [5, 5.41) is 6.04. The third-order valence-electron chi connectivity index (χ3n) is 2.87. The van der Waals surface area contributed by atoms with Crippen molar-refractivity contribution in [3.8, 4) is 11.3 Å². The molecule has 1 heterocycles. The molecule has 0 atom stereocenters. The lowest BCUT2D eigenvalue weighted by Gasteiger charge is -2.04. The molecule has 1 aromatic carbocycles. The van der Waals surface area contributed by atoms with Crippen molar-refractivity contribution in [2.24, 2.45) is 0 Å². The third kappa shape index (κ3) is 4.93. The molecule has 0 aliphatic rings. The maximum absolute atomic E-state index is 12.0. The molecule has 2 rings (SSSR count). The molecule has 2 aromatic rings. The van der Waals surface area contributed by atoms with Gasteiger partial charge in [0.15, 0.2) is 0 Å². The predicted octanol–water partition coefficient (Wildman–Crippen LogP) is 1.78. The van der Waals surface area contributed by atoms with Gasteiger partial charge in [0.05, 0.1) is 12.3 Å². The molecule has 112 valence electrons. The number of nitrogens with one attached hydrogen (secondary N) is 2. The van der Waals surface area contributed by atoms with Gasteiger partial charge in [-0.15, -0.1) is 0 Å². The summed E-state index contributed by atoms with van der Waals surface area (Å²) in [7, 11) is 1.66. The molecular weight excluding hydrogens is 286 g/mol. The molecule has 6 heteroatoms. The van der Waals surface area contributed by atoms with Gasteiger partial charge in [0.25, 0.3) is 5.91 Å². The van der Waals surface area contributed by atoms with E-state index in [4.69, 9.17) is 4.74 Å². The zero-order chi connectivity index (χ0) is 14.9. The summed E-state index contributed by atoms with van der Waals surface area (Å²) in [6, 6.07) is 11.7. The van der Waals surface area contributed by atoms with Crippen molar-refractivity contribution in [3.63, 3.8) is 0 Å². The van der Waals surface area contributed by atoms with Gasteiger partial charge in [0.2, 0.25) is 0 Å². The molecule has 0 bridgehead atoms. The Labute approximate surface area is 128 Å². The number of carbonyl (C=O) groups excluding carboxylic acids is 1. The van der Waals surface area contributed by atoms with Crippen molar-refractivity contribution in [2.75, 3.05) is 33.4 Å². The number of ether oxygens (including phenoxy) is 1. The number of nitrogens with zero attached hydrogens (tertiary/aromatic N) is 1. The number of carbonyl (C=O) groups is 1. The molecule has 2 N–H and O–H groups in total. The summed E-state index contributed by atoms with van der Waals surface area (Å²) in [6.45, 7) is 2.76. The van der Waals surface area contributed by atoms with Gasteiger partial charge in [0, 0.05) is 32.3 Å². The second-order valence-electron chi connectivity index (χ2n) is 4.44. The fourth-order valence-electron chi connectivity index (χ4n) is 1.78. The molecule has 1 aromatic heterocycles. The monoisotopic (exact) mass is 305 g/mol. The zero-order valence-corrected chi connectivity index (χ0v) is 12.8. The van der Waals surface area contributed by atoms with Gasteiger partial charge in [0.1, 0.15) is 4.88 Å². The molecule has 0 unspecified atom stereocenters. The fourth-order valence-corrected chi connectivity index (χ4v) is 2.45. The van der Waals surface area contributed by atoms with Crippen LogP contribution in [0.4, 0.5) is 0 Å². The van der Waals surface area contributed by atoms with Crippen molar-refractivity contribution >= 4 is 17.4 Å². The number of amides is 1. The lowest BCUT2D eigenvalue weighted by molar-refractivity contribution is 0.0957. The number of aromatic nitrogens is 1. The van der Waals surface area contributed by atoms with Crippen molar-refractivity contribution in [2.45, 2.75) is 0 Å². The predicted molar refractivity (Wildman–Crippen MR) is 84.6 cm³/mol. The lowest BCUT2D eigenvalue weighted by atomic mass is 10.1. The highest BCUT2D eigenvalue weighted by Crippen LogP contribution is 2.21. The van der Waals surface area contributed by atoms with Crippen LogP contribution < -0.4 is 10.6 Å². The third-order valence-corrected chi connectivity index (χ3v) is 3.66. The molecule has 0 fully saturated rings. The van der Waals surface area contributed by atoms with Gasteiger partial charge < -0.3 is 15.4 Å². The van der Waals surface area contributed by atoms with Crippen molar-refractivity contribution < 1.29 is 9.53 Å². The first kappa shape index (κ1) is 15.6. The maximum Gasteiger partial charge on any atom is 0.263 e. The van der Waals surface area contributed by atoms with Crippen LogP contribution in [-0.4, -0.2) is 43.6 Å². The molecular formula is C15H19N3O2S. The Kier molecular flexibility index (Phi) is 6.33. The van der Waals surface area contributed by atoms with E-state index in [1.165, 1.54) is 11.5 Å². The highest BCUT2D eigenvalue weighted by Gasteiger charge is 2.10. The standard InChI is InChI=1S/C15H19N3O2S/c1-20-10-9-16-7-8-17-15(19)14-11-13(18-21-14)12-5-3-2-4-6-12/h2-6,11,16H,7-10H2,1H3,(H,17,19). The average Bonchev–Trinajstić information content (AvgIpc) is 3.01. The van der Waals surface area contributed by atoms with Crippen molar-refractivity contribution in [1.29, 1.82) is 0 Å². The highest BCUT2D eigenvalue weighted by molar-refractivity contribution is 7.08. The minimum absolute atomic E-state index is 0.0803. The van der Waals surface area contributed by atoms with E-state index in [2.05, 4.69) is 15.0 Å². The van der Waals surface area contributed by atoms with E-state index >= 15 is 0 Å². The van der Waals surface area contributed by atoms with E-state index in [1.54, 1.807) is 7.11 Å². The Bertz CT molecular complexity index is 557. The summed E-state index contributed by atoms with van der Waals surface area (Å²) < 4.78 is 9.25. The van der Waals surface area contributed by atoms with Gasteiger partial charge in [-0.3, -0.25) is 4.79 Å². The first-order valence-corrected chi connectivity index (χ1v) is 7.58. The van der Waals surface area contributed by atoms with E-state index in [0.29, 0.717) is 18.0 Å². The van der Waals surface area contributed by atoms with E-state index < -0.39 is 0 Å². The number of benzene rings is 1. The van der Waals surface area contributed by atoms with E-state index in [9.17, 15) is 4.79 Å². The molecule has 21 heavy (non-hydrogen) atoms. The van der Waals surface area contributed by atoms with Crippen LogP contribution in [-0.2, 0) is 4.74 Å². The van der Waals surface area contributed by atoms with Crippen molar-refractivity contribution in [1.82, 2.24) is 15.0 Å². The van der Waals surface area contributed by atoms with Crippen LogP contribution in [0.3, 0.4) is 0 Å². The number of hydrogen-bond acceptors (Lipinski definition) is 5. The Morgan fingerprint density at radius 3 is 2.81 bits per heavy atom.